The van der Waals surface area contributed by atoms with Gasteiger partial charge in [-0.2, -0.15) is 0 Å². The number of aromatic nitrogens is 1. The van der Waals surface area contributed by atoms with Crippen molar-refractivity contribution in [3.8, 4) is 16.9 Å². The van der Waals surface area contributed by atoms with Crippen LogP contribution in [0, 0.1) is 0 Å². The lowest BCUT2D eigenvalue weighted by Crippen LogP contribution is -2.08. The van der Waals surface area contributed by atoms with Crippen LogP contribution in [0.2, 0.25) is 0 Å². The summed E-state index contributed by atoms with van der Waals surface area (Å²) >= 11 is 0. The van der Waals surface area contributed by atoms with Crippen LogP contribution in [0.25, 0.3) is 11.1 Å². The predicted molar refractivity (Wildman–Crippen MR) is 63.5 cm³/mol. The maximum atomic E-state index is 11.3. The van der Waals surface area contributed by atoms with E-state index < -0.39 is 0 Å². The van der Waals surface area contributed by atoms with E-state index in [1.165, 1.54) is 7.11 Å². The van der Waals surface area contributed by atoms with Crippen LogP contribution in [-0.2, 0) is 0 Å². The molecule has 2 aromatic rings. The number of nitrogen functional groups attached to an aromatic ring is 1. The quantitative estimate of drug-likeness (QED) is 0.750. The molecule has 2 rings (SSSR count). The molecule has 0 unspecified atom stereocenters. The van der Waals surface area contributed by atoms with Crippen molar-refractivity contribution in [2.45, 2.75) is 0 Å². The summed E-state index contributed by atoms with van der Waals surface area (Å²) in [5.74, 6) is 0.300. The monoisotopic (exact) mass is 216 g/mol. The molecule has 0 radical (unpaired) electrons. The molecule has 0 fully saturated rings. The molecule has 4 heteroatoms. The third-order valence-corrected chi connectivity index (χ3v) is 2.33. The molecule has 1 aromatic carbocycles. The molecule has 0 saturated carbocycles. The van der Waals surface area contributed by atoms with Crippen molar-refractivity contribution in [1.82, 2.24) is 4.98 Å². The van der Waals surface area contributed by atoms with Crippen LogP contribution in [0.5, 0.6) is 5.75 Å². The average molecular weight is 216 g/mol. The van der Waals surface area contributed by atoms with Gasteiger partial charge in [-0.3, -0.25) is 4.79 Å². The Morgan fingerprint density at radius 2 is 1.88 bits per heavy atom. The number of hydrogen-bond acceptors (Lipinski definition) is 3. The Balaban J connectivity index is 2.48. The van der Waals surface area contributed by atoms with Gasteiger partial charge < -0.3 is 15.5 Å². The number of rotatable bonds is 2. The second kappa shape index (κ2) is 4.10. The van der Waals surface area contributed by atoms with E-state index in [1.54, 1.807) is 12.3 Å². The van der Waals surface area contributed by atoms with E-state index in [1.807, 2.05) is 24.3 Å². The van der Waals surface area contributed by atoms with E-state index in [-0.39, 0.29) is 5.56 Å². The zero-order valence-corrected chi connectivity index (χ0v) is 8.86. The minimum Gasteiger partial charge on any atom is -0.491 e. The summed E-state index contributed by atoms with van der Waals surface area (Å²) < 4.78 is 4.96. The Morgan fingerprint density at radius 3 is 2.50 bits per heavy atom. The molecule has 4 nitrogen and oxygen atoms in total. The summed E-state index contributed by atoms with van der Waals surface area (Å²) in [4.78, 5) is 13.9. The molecule has 0 aliphatic carbocycles. The van der Waals surface area contributed by atoms with E-state index in [9.17, 15) is 4.79 Å². The lowest BCUT2D eigenvalue weighted by Gasteiger charge is -2.04. The fraction of sp³-hybridized carbons (Fsp3) is 0.0833. The predicted octanol–water partition coefficient (Wildman–Crippen LogP) is 1.63. The normalized spacial score (nSPS) is 10.1. The molecule has 3 N–H and O–H groups in total. The van der Waals surface area contributed by atoms with Gasteiger partial charge in [-0.15, -0.1) is 0 Å². The molecule has 0 aliphatic heterocycles. The second-order valence-electron chi connectivity index (χ2n) is 3.41. The van der Waals surface area contributed by atoms with Crippen LogP contribution in [0.15, 0.2) is 41.3 Å². The number of H-pyrrole nitrogens is 1. The molecule has 82 valence electrons. The fourth-order valence-corrected chi connectivity index (χ4v) is 1.46. The highest BCUT2D eigenvalue weighted by atomic mass is 16.5. The van der Waals surface area contributed by atoms with Crippen LogP contribution < -0.4 is 16.0 Å². The van der Waals surface area contributed by atoms with Crippen molar-refractivity contribution >= 4 is 5.69 Å². The third-order valence-electron chi connectivity index (χ3n) is 2.33. The fourth-order valence-electron chi connectivity index (χ4n) is 1.46. The van der Waals surface area contributed by atoms with Crippen molar-refractivity contribution in [2.24, 2.45) is 0 Å². The molecule has 1 heterocycles. The highest BCUT2D eigenvalue weighted by Crippen LogP contribution is 2.21. The highest BCUT2D eigenvalue weighted by molar-refractivity contribution is 5.65. The number of benzene rings is 1. The molecule has 0 saturated heterocycles. The van der Waals surface area contributed by atoms with Crippen LogP contribution in [0.4, 0.5) is 5.69 Å². The standard InChI is InChI=1S/C12H12N2O2/c1-16-11-6-9(7-14-12(11)15)8-2-4-10(13)5-3-8/h2-7H,13H2,1H3,(H,14,15). The van der Waals surface area contributed by atoms with Gasteiger partial charge in [0.1, 0.15) is 0 Å². The number of nitrogens with one attached hydrogen (secondary N) is 1. The number of methoxy groups -OCH3 is 1. The molecule has 0 atom stereocenters. The molecular formula is C12H12N2O2. The smallest absolute Gasteiger partial charge is 0.290 e. The van der Waals surface area contributed by atoms with Gasteiger partial charge in [-0.05, 0) is 23.8 Å². The van der Waals surface area contributed by atoms with Gasteiger partial charge in [0.2, 0.25) is 0 Å². The van der Waals surface area contributed by atoms with E-state index in [0.29, 0.717) is 11.4 Å². The van der Waals surface area contributed by atoms with E-state index in [4.69, 9.17) is 10.5 Å². The first-order valence-electron chi connectivity index (χ1n) is 4.83. The third kappa shape index (κ3) is 1.91. The molecule has 0 spiro atoms. The molecule has 1 aromatic heterocycles. The molecule has 16 heavy (non-hydrogen) atoms. The minimum absolute atomic E-state index is 0.235. The summed E-state index contributed by atoms with van der Waals surface area (Å²) in [5, 5.41) is 0. The molecule has 0 aliphatic rings. The SMILES string of the molecule is COc1cc(-c2ccc(N)cc2)c[nH]c1=O. The number of pyridine rings is 1. The Bertz CT molecular complexity index is 544. The second-order valence-corrected chi connectivity index (χ2v) is 3.41. The summed E-state index contributed by atoms with van der Waals surface area (Å²) in [6.07, 6.45) is 1.65. The van der Waals surface area contributed by atoms with Crippen LogP contribution in [-0.4, -0.2) is 12.1 Å². The van der Waals surface area contributed by atoms with E-state index in [2.05, 4.69) is 4.98 Å². The molecule has 0 amide bonds. The summed E-state index contributed by atoms with van der Waals surface area (Å²) in [6, 6.07) is 9.11. The first-order valence-corrected chi connectivity index (χ1v) is 4.83. The maximum absolute atomic E-state index is 11.3. The Kier molecular flexibility index (Phi) is 2.64. The number of aromatic amines is 1. The first kappa shape index (κ1) is 10.3. The largest absolute Gasteiger partial charge is 0.491 e. The van der Waals surface area contributed by atoms with Gasteiger partial charge in [-0.1, -0.05) is 12.1 Å². The zero-order valence-electron chi connectivity index (χ0n) is 8.86. The highest BCUT2D eigenvalue weighted by Gasteiger charge is 2.03. The molecular weight excluding hydrogens is 204 g/mol. The van der Waals surface area contributed by atoms with Crippen LogP contribution in [0.3, 0.4) is 0 Å². The average Bonchev–Trinajstić information content (AvgIpc) is 2.31. The van der Waals surface area contributed by atoms with Crippen LogP contribution in [0.1, 0.15) is 0 Å². The van der Waals surface area contributed by atoms with Gasteiger partial charge in [-0.25, -0.2) is 0 Å². The Morgan fingerprint density at radius 1 is 1.19 bits per heavy atom. The molecule has 0 bridgehead atoms. The minimum atomic E-state index is -0.235. The Labute approximate surface area is 92.7 Å². The number of hydrogen-bond donors (Lipinski definition) is 2. The van der Waals surface area contributed by atoms with Crippen molar-refractivity contribution in [2.75, 3.05) is 12.8 Å². The van der Waals surface area contributed by atoms with Gasteiger partial charge in [0.15, 0.2) is 5.75 Å². The van der Waals surface area contributed by atoms with Gasteiger partial charge in [0.25, 0.3) is 5.56 Å². The summed E-state index contributed by atoms with van der Waals surface area (Å²) in [5.41, 5.74) is 7.94. The lowest BCUT2D eigenvalue weighted by atomic mass is 10.1. The Hall–Kier alpha value is -2.23. The van der Waals surface area contributed by atoms with Crippen molar-refractivity contribution in [3.63, 3.8) is 0 Å². The topological polar surface area (TPSA) is 68.1 Å². The number of nitrogens with two attached hydrogens (primary N) is 1. The van der Waals surface area contributed by atoms with E-state index in [0.717, 1.165) is 11.1 Å². The van der Waals surface area contributed by atoms with Gasteiger partial charge >= 0.3 is 0 Å². The van der Waals surface area contributed by atoms with Gasteiger partial charge in [0.05, 0.1) is 7.11 Å². The summed E-state index contributed by atoms with van der Waals surface area (Å²) in [7, 11) is 1.47. The number of anilines is 1. The van der Waals surface area contributed by atoms with Crippen molar-refractivity contribution in [3.05, 3.63) is 46.9 Å². The van der Waals surface area contributed by atoms with Crippen LogP contribution >= 0.6 is 0 Å². The maximum Gasteiger partial charge on any atom is 0.290 e. The van der Waals surface area contributed by atoms with Gasteiger partial charge in [0, 0.05) is 17.4 Å². The number of ether oxygens (including phenoxy) is 1. The van der Waals surface area contributed by atoms with Crippen molar-refractivity contribution < 1.29 is 4.74 Å². The van der Waals surface area contributed by atoms with Crippen molar-refractivity contribution in [1.29, 1.82) is 0 Å². The lowest BCUT2D eigenvalue weighted by molar-refractivity contribution is 0.408. The summed E-state index contributed by atoms with van der Waals surface area (Å²) in [6.45, 7) is 0. The first-order chi connectivity index (χ1) is 7.70. The zero-order chi connectivity index (χ0) is 11.5. The van der Waals surface area contributed by atoms with E-state index >= 15 is 0 Å².